The highest BCUT2D eigenvalue weighted by Gasteiger charge is 2.19. The highest BCUT2D eigenvalue weighted by molar-refractivity contribution is 5.81. The van der Waals surface area contributed by atoms with Crippen LogP contribution in [-0.4, -0.2) is 11.9 Å². The summed E-state index contributed by atoms with van der Waals surface area (Å²) in [5, 5.41) is 12.1. The fourth-order valence-electron chi connectivity index (χ4n) is 2.05. The van der Waals surface area contributed by atoms with Crippen molar-refractivity contribution in [1.29, 1.82) is 5.26 Å². The van der Waals surface area contributed by atoms with E-state index in [1.807, 2.05) is 37.3 Å². The summed E-state index contributed by atoms with van der Waals surface area (Å²) in [5.74, 6) is -0.142. The van der Waals surface area contributed by atoms with Crippen LogP contribution in [0.15, 0.2) is 30.3 Å². The minimum absolute atomic E-state index is 0.122. The molecule has 2 atom stereocenters. The number of rotatable bonds is 7. The summed E-state index contributed by atoms with van der Waals surface area (Å²) in [6.45, 7) is 6.33. The molecule has 0 saturated heterocycles. The van der Waals surface area contributed by atoms with E-state index in [2.05, 4.69) is 25.2 Å². The molecule has 1 aromatic rings. The Balaban J connectivity index is 2.49. The Morgan fingerprint density at radius 1 is 1.20 bits per heavy atom. The standard InChI is InChI=1S/C17H24N2O/c1-13(2)9-10-14(3)19-17(20)16(12-18)11-15-7-5-4-6-8-15/h4-8,13-14,16H,9-11H2,1-3H3,(H,19,20). The summed E-state index contributed by atoms with van der Waals surface area (Å²) in [5.41, 5.74) is 1.02. The van der Waals surface area contributed by atoms with Crippen LogP contribution in [-0.2, 0) is 11.2 Å². The number of hydrogen-bond acceptors (Lipinski definition) is 2. The van der Waals surface area contributed by atoms with E-state index in [-0.39, 0.29) is 11.9 Å². The van der Waals surface area contributed by atoms with Crippen molar-refractivity contribution in [3.8, 4) is 6.07 Å². The number of amides is 1. The number of benzene rings is 1. The smallest absolute Gasteiger partial charge is 0.237 e. The summed E-state index contributed by atoms with van der Waals surface area (Å²) in [7, 11) is 0. The Hall–Kier alpha value is -1.82. The van der Waals surface area contributed by atoms with Crippen LogP contribution in [0.3, 0.4) is 0 Å². The molecule has 1 amide bonds. The molecule has 0 aromatic heterocycles. The van der Waals surface area contributed by atoms with Crippen molar-refractivity contribution in [2.45, 2.75) is 46.1 Å². The van der Waals surface area contributed by atoms with E-state index in [0.717, 1.165) is 18.4 Å². The zero-order valence-electron chi connectivity index (χ0n) is 12.6. The number of nitriles is 1. The lowest BCUT2D eigenvalue weighted by Crippen LogP contribution is -2.37. The highest BCUT2D eigenvalue weighted by Crippen LogP contribution is 2.10. The molecule has 0 fully saturated rings. The van der Waals surface area contributed by atoms with Crippen LogP contribution < -0.4 is 5.32 Å². The first-order chi connectivity index (χ1) is 9.52. The molecule has 0 aliphatic heterocycles. The van der Waals surface area contributed by atoms with Crippen LogP contribution >= 0.6 is 0 Å². The maximum Gasteiger partial charge on any atom is 0.237 e. The molecule has 1 aromatic carbocycles. The van der Waals surface area contributed by atoms with Gasteiger partial charge in [0.2, 0.25) is 5.91 Å². The predicted molar refractivity (Wildman–Crippen MR) is 80.9 cm³/mol. The van der Waals surface area contributed by atoms with Gasteiger partial charge in [0.1, 0.15) is 5.92 Å². The van der Waals surface area contributed by atoms with Gasteiger partial charge in [-0.05, 0) is 37.7 Å². The second-order valence-electron chi connectivity index (χ2n) is 5.75. The number of nitrogens with zero attached hydrogens (tertiary/aromatic N) is 1. The fraction of sp³-hybridized carbons (Fsp3) is 0.529. The van der Waals surface area contributed by atoms with Gasteiger partial charge in [-0.3, -0.25) is 4.79 Å². The molecular formula is C17H24N2O. The number of carbonyl (C=O) groups excluding carboxylic acids is 1. The van der Waals surface area contributed by atoms with Crippen LogP contribution in [0.2, 0.25) is 0 Å². The lowest BCUT2D eigenvalue weighted by Gasteiger charge is -2.17. The maximum atomic E-state index is 12.1. The van der Waals surface area contributed by atoms with Crippen molar-refractivity contribution in [1.82, 2.24) is 5.32 Å². The second-order valence-corrected chi connectivity index (χ2v) is 5.75. The number of nitrogens with one attached hydrogen (secondary N) is 1. The van der Waals surface area contributed by atoms with Gasteiger partial charge in [-0.25, -0.2) is 0 Å². The van der Waals surface area contributed by atoms with E-state index in [4.69, 9.17) is 0 Å². The molecule has 1 N–H and O–H groups in total. The van der Waals surface area contributed by atoms with Gasteiger partial charge >= 0.3 is 0 Å². The Kier molecular flexibility index (Phi) is 6.79. The van der Waals surface area contributed by atoms with Crippen LogP contribution in [0.1, 0.15) is 39.2 Å². The molecular weight excluding hydrogens is 248 g/mol. The molecule has 0 spiro atoms. The Labute approximate surface area is 122 Å². The van der Waals surface area contributed by atoms with Gasteiger partial charge in [-0.1, -0.05) is 44.2 Å². The molecule has 20 heavy (non-hydrogen) atoms. The van der Waals surface area contributed by atoms with Gasteiger partial charge in [0.15, 0.2) is 0 Å². The third-order valence-electron chi connectivity index (χ3n) is 3.32. The molecule has 3 heteroatoms. The minimum Gasteiger partial charge on any atom is -0.353 e. The summed E-state index contributed by atoms with van der Waals surface area (Å²) in [6.07, 6.45) is 2.50. The molecule has 3 nitrogen and oxygen atoms in total. The van der Waals surface area contributed by atoms with Gasteiger partial charge in [0.05, 0.1) is 6.07 Å². The molecule has 0 saturated carbocycles. The molecule has 0 aliphatic carbocycles. The highest BCUT2D eigenvalue weighted by atomic mass is 16.1. The number of hydrogen-bond donors (Lipinski definition) is 1. The fourth-order valence-corrected chi connectivity index (χ4v) is 2.05. The molecule has 108 valence electrons. The van der Waals surface area contributed by atoms with Crippen LogP contribution in [0, 0.1) is 23.2 Å². The van der Waals surface area contributed by atoms with Crippen molar-refractivity contribution in [2.24, 2.45) is 11.8 Å². The molecule has 0 bridgehead atoms. The van der Waals surface area contributed by atoms with E-state index >= 15 is 0 Å². The second kappa shape index (κ2) is 8.37. The van der Waals surface area contributed by atoms with E-state index in [9.17, 15) is 10.1 Å². The van der Waals surface area contributed by atoms with Crippen molar-refractivity contribution in [3.05, 3.63) is 35.9 Å². The molecule has 0 aliphatic rings. The van der Waals surface area contributed by atoms with Gasteiger partial charge in [0, 0.05) is 6.04 Å². The quantitative estimate of drug-likeness (QED) is 0.828. The van der Waals surface area contributed by atoms with E-state index in [1.54, 1.807) is 0 Å². The van der Waals surface area contributed by atoms with E-state index in [0.29, 0.717) is 12.3 Å². The largest absolute Gasteiger partial charge is 0.353 e. The first kappa shape index (κ1) is 16.2. The van der Waals surface area contributed by atoms with Gasteiger partial charge in [-0.15, -0.1) is 0 Å². The summed E-state index contributed by atoms with van der Waals surface area (Å²) in [6, 6.07) is 11.9. The van der Waals surface area contributed by atoms with Crippen molar-refractivity contribution in [3.63, 3.8) is 0 Å². The first-order valence-corrected chi connectivity index (χ1v) is 7.26. The minimum atomic E-state index is -0.612. The average molecular weight is 272 g/mol. The molecule has 0 radical (unpaired) electrons. The third-order valence-corrected chi connectivity index (χ3v) is 3.32. The molecule has 0 heterocycles. The normalized spacial score (nSPS) is 13.6. The van der Waals surface area contributed by atoms with Crippen molar-refractivity contribution >= 4 is 5.91 Å². The van der Waals surface area contributed by atoms with Gasteiger partial charge < -0.3 is 5.32 Å². The molecule has 1 rings (SSSR count). The third kappa shape index (κ3) is 5.88. The average Bonchev–Trinajstić information content (AvgIpc) is 2.43. The number of carbonyl (C=O) groups is 1. The van der Waals surface area contributed by atoms with Gasteiger partial charge in [-0.2, -0.15) is 5.26 Å². The SMILES string of the molecule is CC(C)CCC(C)NC(=O)C(C#N)Cc1ccccc1. The zero-order valence-corrected chi connectivity index (χ0v) is 12.6. The van der Waals surface area contributed by atoms with E-state index in [1.165, 1.54) is 0 Å². The lowest BCUT2D eigenvalue weighted by atomic mass is 9.99. The lowest BCUT2D eigenvalue weighted by molar-refractivity contribution is -0.124. The van der Waals surface area contributed by atoms with Crippen LogP contribution in [0.4, 0.5) is 0 Å². The summed E-state index contributed by atoms with van der Waals surface area (Å²) >= 11 is 0. The summed E-state index contributed by atoms with van der Waals surface area (Å²) in [4.78, 5) is 12.1. The monoisotopic (exact) mass is 272 g/mol. The van der Waals surface area contributed by atoms with Gasteiger partial charge in [0.25, 0.3) is 0 Å². The zero-order chi connectivity index (χ0) is 15.0. The van der Waals surface area contributed by atoms with Crippen molar-refractivity contribution in [2.75, 3.05) is 0 Å². The summed E-state index contributed by atoms with van der Waals surface area (Å²) < 4.78 is 0. The van der Waals surface area contributed by atoms with Crippen molar-refractivity contribution < 1.29 is 4.79 Å². The Morgan fingerprint density at radius 3 is 2.40 bits per heavy atom. The van der Waals surface area contributed by atoms with E-state index < -0.39 is 5.92 Å². The van der Waals surface area contributed by atoms with Crippen LogP contribution in [0.25, 0.3) is 0 Å². The molecule has 2 unspecified atom stereocenters. The van der Waals surface area contributed by atoms with Crippen LogP contribution in [0.5, 0.6) is 0 Å². The predicted octanol–water partition coefficient (Wildman–Crippen LogP) is 3.31. The first-order valence-electron chi connectivity index (χ1n) is 7.26. The Morgan fingerprint density at radius 2 is 1.85 bits per heavy atom. The maximum absolute atomic E-state index is 12.1. The topological polar surface area (TPSA) is 52.9 Å². The Bertz CT molecular complexity index is 448.